The van der Waals surface area contributed by atoms with E-state index in [0.29, 0.717) is 0 Å². The summed E-state index contributed by atoms with van der Waals surface area (Å²) in [4.78, 5) is 9.45. The van der Waals surface area contributed by atoms with Crippen molar-refractivity contribution in [2.24, 2.45) is 0 Å². The van der Waals surface area contributed by atoms with E-state index in [1.54, 1.807) is 6.26 Å². The molecule has 0 aliphatic rings. The highest BCUT2D eigenvalue weighted by molar-refractivity contribution is 7.84. The molecule has 0 saturated heterocycles. The molecular formula is C14H30O4S. The minimum Gasteiger partial charge on any atom is -0.479 e. The summed E-state index contributed by atoms with van der Waals surface area (Å²) >= 11 is 0. The second kappa shape index (κ2) is 15.6. The summed E-state index contributed by atoms with van der Waals surface area (Å²) in [6, 6.07) is 0. The SMILES string of the molecule is CC(O)C(=O)O.CCCCCCCCCCS(C)=O. The standard InChI is InChI=1S/C11H24OS.C3H6O3/c1-3-4-5-6-7-8-9-10-11-13(2)12;1-2(4)3(5)6/h3-11H2,1-2H3;2,4H,1H3,(H,5,6). The molecule has 0 spiro atoms. The van der Waals surface area contributed by atoms with Crippen LogP contribution in [0.4, 0.5) is 0 Å². The molecular weight excluding hydrogens is 264 g/mol. The number of carboxylic acid groups (broad SMARTS) is 1. The molecule has 0 aromatic carbocycles. The van der Waals surface area contributed by atoms with Gasteiger partial charge in [-0.1, -0.05) is 51.9 Å². The first-order chi connectivity index (χ1) is 8.91. The summed E-state index contributed by atoms with van der Waals surface area (Å²) in [5.74, 6) is -0.287. The Morgan fingerprint density at radius 3 is 1.74 bits per heavy atom. The van der Waals surface area contributed by atoms with Crippen molar-refractivity contribution in [2.45, 2.75) is 71.3 Å². The van der Waals surface area contributed by atoms with Crippen molar-refractivity contribution in [1.82, 2.24) is 0 Å². The molecule has 0 fully saturated rings. The lowest BCUT2D eigenvalue weighted by atomic mass is 10.1. The summed E-state index contributed by atoms with van der Waals surface area (Å²) in [6.07, 6.45) is 11.2. The van der Waals surface area contributed by atoms with Gasteiger partial charge < -0.3 is 10.2 Å². The molecule has 0 heterocycles. The first-order valence-electron chi connectivity index (χ1n) is 7.12. The van der Waals surface area contributed by atoms with Gasteiger partial charge in [-0.05, 0) is 13.3 Å². The van der Waals surface area contributed by atoms with Gasteiger partial charge in [0.2, 0.25) is 0 Å². The summed E-state index contributed by atoms with van der Waals surface area (Å²) in [6.45, 7) is 3.44. The van der Waals surface area contributed by atoms with E-state index in [1.807, 2.05) is 0 Å². The highest BCUT2D eigenvalue weighted by Crippen LogP contribution is 2.08. The number of carbonyl (C=O) groups is 1. The van der Waals surface area contributed by atoms with Gasteiger partial charge in [0, 0.05) is 22.8 Å². The van der Waals surface area contributed by atoms with Crippen molar-refractivity contribution in [3.63, 3.8) is 0 Å². The molecule has 0 aromatic rings. The molecule has 0 aliphatic carbocycles. The zero-order chi connectivity index (χ0) is 15.1. The maximum atomic E-state index is 10.7. The van der Waals surface area contributed by atoms with Crippen LogP contribution in [0, 0.1) is 0 Å². The molecule has 0 saturated carbocycles. The Bertz CT molecular complexity index is 229. The first kappa shape index (κ1) is 20.9. The van der Waals surface area contributed by atoms with E-state index in [4.69, 9.17) is 10.2 Å². The van der Waals surface area contributed by atoms with Crippen LogP contribution in [-0.4, -0.2) is 38.5 Å². The Morgan fingerprint density at radius 1 is 1.05 bits per heavy atom. The molecule has 0 amide bonds. The number of aliphatic hydroxyl groups excluding tert-OH is 1. The quantitative estimate of drug-likeness (QED) is 0.607. The number of rotatable bonds is 10. The lowest BCUT2D eigenvalue weighted by Crippen LogP contribution is -2.13. The molecule has 5 heteroatoms. The van der Waals surface area contributed by atoms with Gasteiger partial charge in [-0.15, -0.1) is 0 Å². The minimum atomic E-state index is -1.23. The molecule has 2 N–H and O–H groups in total. The highest BCUT2D eigenvalue weighted by Gasteiger charge is 2.01. The van der Waals surface area contributed by atoms with Gasteiger partial charge in [-0.25, -0.2) is 4.79 Å². The van der Waals surface area contributed by atoms with Gasteiger partial charge in [-0.3, -0.25) is 4.21 Å². The van der Waals surface area contributed by atoms with E-state index in [2.05, 4.69) is 6.92 Å². The van der Waals surface area contributed by atoms with Crippen LogP contribution in [0.3, 0.4) is 0 Å². The predicted octanol–water partition coefficient (Wildman–Crippen LogP) is 2.96. The van der Waals surface area contributed by atoms with Crippen molar-refractivity contribution in [1.29, 1.82) is 0 Å². The van der Waals surface area contributed by atoms with Gasteiger partial charge in [0.25, 0.3) is 0 Å². The van der Waals surface area contributed by atoms with Crippen LogP contribution in [0.1, 0.15) is 65.2 Å². The number of aliphatic hydroxyl groups is 1. The smallest absolute Gasteiger partial charge is 0.332 e. The zero-order valence-corrected chi connectivity index (χ0v) is 13.4. The van der Waals surface area contributed by atoms with Crippen LogP contribution in [0.2, 0.25) is 0 Å². The molecule has 19 heavy (non-hydrogen) atoms. The zero-order valence-electron chi connectivity index (χ0n) is 12.6. The van der Waals surface area contributed by atoms with E-state index in [0.717, 1.165) is 12.2 Å². The first-order valence-corrected chi connectivity index (χ1v) is 8.85. The molecule has 116 valence electrons. The highest BCUT2D eigenvalue weighted by atomic mass is 32.2. The topological polar surface area (TPSA) is 74.6 Å². The van der Waals surface area contributed by atoms with E-state index in [9.17, 15) is 9.00 Å². The molecule has 0 aromatic heterocycles. The van der Waals surface area contributed by atoms with Gasteiger partial charge in [0.05, 0.1) is 0 Å². The molecule has 2 atom stereocenters. The second-order valence-corrected chi connectivity index (χ2v) is 6.32. The third-order valence-corrected chi connectivity index (χ3v) is 3.51. The molecule has 0 aliphatic heterocycles. The number of aliphatic carboxylic acids is 1. The average molecular weight is 294 g/mol. The Morgan fingerprint density at radius 2 is 1.42 bits per heavy atom. The lowest BCUT2D eigenvalue weighted by Gasteiger charge is -2.00. The number of carboxylic acids is 1. The molecule has 4 nitrogen and oxygen atoms in total. The number of hydrogen-bond acceptors (Lipinski definition) is 3. The van der Waals surface area contributed by atoms with E-state index < -0.39 is 22.9 Å². The molecule has 0 bridgehead atoms. The Labute approximate surface area is 120 Å². The van der Waals surface area contributed by atoms with E-state index in [-0.39, 0.29) is 0 Å². The summed E-state index contributed by atoms with van der Waals surface area (Å²) in [5.41, 5.74) is 0. The molecule has 2 unspecified atom stereocenters. The second-order valence-electron chi connectivity index (χ2n) is 4.77. The van der Waals surface area contributed by atoms with Gasteiger partial charge in [-0.2, -0.15) is 0 Å². The summed E-state index contributed by atoms with van der Waals surface area (Å²) in [7, 11) is -0.576. The predicted molar refractivity (Wildman–Crippen MR) is 80.9 cm³/mol. The number of hydrogen-bond donors (Lipinski definition) is 2. The fourth-order valence-corrected chi connectivity index (χ4v) is 2.05. The van der Waals surface area contributed by atoms with Crippen LogP contribution >= 0.6 is 0 Å². The molecule has 0 radical (unpaired) electrons. The van der Waals surface area contributed by atoms with Gasteiger partial charge in [0.1, 0.15) is 6.10 Å². The van der Waals surface area contributed by atoms with Gasteiger partial charge in [0.15, 0.2) is 0 Å². The van der Waals surface area contributed by atoms with Crippen LogP contribution in [0.15, 0.2) is 0 Å². The monoisotopic (exact) mass is 294 g/mol. The third-order valence-electron chi connectivity index (χ3n) is 2.64. The van der Waals surface area contributed by atoms with E-state index >= 15 is 0 Å². The maximum absolute atomic E-state index is 10.7. The Balaban J connectivity index is 0. The fourth-order valence-electron chi connectivity index (χ4n) is 1.44. The number of unbranched alkanes of at least 4 members (excludes halogenated alkanes) is 7. The summed E-state index contributed by atoms with van der Waals surface area (Å²) < 4.78 is 10.7. The Kier molecular flexibility index (Phi) is 17.2. The van der Waals surface area contributed by atoms with Crippen molar-refractivity contribution in [3.8, 4) is 0 Å². The largest absolute Gasteiger partial charge is 0.479 e. The van der Waals surface area contributed by atoms with Crippen LogP contribution in [-0.2, 0) is 15.6 Å². The fraction of sp³-hybridized carbons (Fsp3) is 0.929. The van der Waals surface area contributed by atoms with Crippen molar-refractivity contribution in [3.05, 3.63) is 0 Å². The van der Waals surface area contributed by atoms with Crippen LogP contribution in [0.5, 0.6) is 0 Å². The lowest BCUT2D eigenvalue weighted by molar-refractivity contribution is -0.145. The van der Waals surface area contributed by atoms with E-state index in [1.165, 1.54) is 51.9 Å². The minimum absolute atomic E-state index is 0.576. The Hall–Kier alpha value is -0.420. The van der Waals surface area contributed by atoms with Gasteiger partial charge >= 0.3 is 5.97 Å². The van der Waals surface area contributed by atoms with Crippen LogP contribution < -0.4 is 0 Å². The summed E-state index contributed by atoms with van der Waals surface area (Å²) in [5, 5.41) is 15.8. The molecule has 0 rings (SSSR count). The third kappa shape index (κ3) is 23.1. The average Bonchev–Trinajstić information content (AvgIpc) is 2.33. The maximum Gasteiger partial charge on any atom is 0.332 e. The van der Waals surface area contributed by atoms with Crippen molar-refractivity contribution >= 4 is 16.8 Å². The van der Waals surface area contributed by atoms with Crippen molar-refractivity contribution in [2.75, 3.05) is 12.0 Å². The van der Waals surface area contributed by atoms with Crippen molar-refractivity contribution < 1.29 is 19.2 Å². The normalized spacial score (nSPS) is 13.3. The van der Waals surface area contributed by atoms with Crippen LogP contribution in [0.25, 0.3) is 0 Å².